The highest BCUT2D eigenvalue weighted by Gasteiger charge is 2.41. The zero-order valence-electron chi connectivity index (χ0n) is 22.4. The van der Waals surface area contributed by atoms with Gasteiger partial charge in [-0.15, -0.1) is 0 Å². The first-order valence-electron chi connectivity index (χ1n) is 13.0. The van der Waals surface area contributed by atoms with Gasteiger partial charge in [0.15, 0.2) is 5.11 Å². The van der Waals surface area contributed by atoms with Gasteiger partial charge in [-0.1, -0.05) is 49.4 Å². The molecule has 2 aliphatic heterocycles. The van der Waals surface area contributed by atoms with E-state index in [0.717, 1.165) is 29.8 Å². The minimum Gasteiger partial charge on any atom is -0.362 e. The van der Waals surface area contributed by atoms with Crippen molar-refractivity contribution in [1.82, 2.24) is 0 Å². The molecule has 198 valence electrons. The fraction of sp³-hybridized carbons (Fsp3) is 0.219. The highest BCUT2D eigenvalue weighted by molar-refractivity contribution is 7.81. The molecule has 0 radical (unpaired) electrons. The second kappa shape index (κ2) is 10.2. The van der Waals surface area contributed by atoms with Crippen LogP contribution in [0.15, 0.2) is 84.4 Å². The number of hydrogen-bond donors (Lipinski definition) is 0. The van der Waals surface area contributed by atoms with Crippen molar-refractivity contribution in [2.24, 2.45) is 0 Å². The average molecular weight is 540 g/mol. The average Bonchev–Trinajstić information content (AvgIpc) is 2.90. The summed E-state index contributed by atoms with van der Waals surface area (Å²) in [5, 5.41) is 0.0432. The molecule has 0 spiro atoms. The van der Waals surface area contributed by atoms with Gasteiger partial charge >= 0.3 is 0 Å². The van der Waals surface area contributed by atoms with Crippen LogP contribution < -0.4 is 14.7 Å². The monoisotopic (exact) mass is 539 g/mol. The fourth-order valence-electron chi connectivity index (χ4n) is 5.35. The third-order valence-electron chi connectivity index (χ3n) is 7.12. The number of fused-ring (bicyclic) bond motifs is 1. The maximum atomic E-state index is 15.7. The largest absolute Gasteiger partial charge is 0.362 e. The Morgan fingerprint density at radius 1 is 0.897 bits per heavy atom. The highest BCUT2D eigenvalue weighted by Crippen LogP contribution is 2.41. The molecule has 2 aliphatic rings. The molecule has 1 saturated heterocycles. The first-order valence-corrected chi connectivity index (χ1v) is 13.4. The van der Waals surface area contributed by atoms with Gasteiger partial charge in [-0.3, -0.25) is 19.4 Å². The van der Waals surface area contributed by atoms with E-state index >= 15 is 4.39 Å². The summed E-state index contributed by atoms with van der Waals surface area (Å²) < 4.78 is 15.7. The third kappa shape index (κ3) is 4.68. The van der Waals surface area contributed by atoms with Crippen molar-refractivity contribution in [3.05, 3.63) is 101 Å². The molecule has 0 bridgehead atoms. The second-order valence-electron chi connectivity index (χ2n) is 10.3. The van der Waals surface area contributed by atoms with E-state index in [9.17, 15) is 9.59 Å². The van der Waals surface area contributed by atoms with Gasteiger partial charge in [0, 0.05) is 23.4 Å². The predicted octanol–water partition coefficient (Wildman–Crippen LogP) is 6.99. The molecule has 0 atom stereocenters. The van der Waals surface area contributed by atoms with Crippen molar-refractivity contribution < 1.29 is 14.0 Å². The van der Waals surface area contributed by atoms with E-state index in [1.54, 1.807) is 54.6 Å². The van der Waals surface area contributed by atoms with Gasteiger partial charge in [-0.2, -0.15) is 0 Å². The number of nitrogens with zero attached hydrogens (tertiary/aromatic N) is 3. The molecule has 7 heteroatoms. The zero-order valence-corrected chi connectivity index (χ0v) is 23.3. The molecule has 5 rings (SSSR count). The smallest absolute Gasteiger partial charge is 0.270 e. The van der Waals surface area contributed by atoms with Crippen LogP contribution in [-0.4, -0.2) is 29.0 Å². The van der Waals surface area contributed by atoms with Crippen molar-refractivity contribution in [2.45, 2.75) is 39.7 Å². The molecular weight excluding hydrogens is 509 g/mol. The Labute approximate surface area is 233 Å². The van der Waals surface area contributed by atoms with Crippen molar-refractivity contribution >= 4 is 57.9 Å². The Morgan fingerprint density at radius 3 is 1.95 bits per heavy atom. The standard InChI is InChI=1S/C32H30FN3O2S/c1-5-16-34-28-19-27(33)22(17-25(28)21(2)20-32(34,3)4)18-26-29(37)35(23-12-8-6-9-13-23)31(39)36(30(26)38)24-14-10-7-11-15-24/h6-15,17-20H,5,16H2,1-4H3. The van der Waals surface area contributed by atoms with Gasteiger partial charge in [-0.05, 0) is 87.5 Å². The molecule has 2 heterocycles. The quantitative estimate of drug-likeness (QED) is 0.199. The summed E-state index contributed by atoms with van der Waals surface area (Å²) in [5.74, 6) is -1.69. The van der Waals surface area contributed by atoms with Crippen LogP contribution in [0.2, 0.25) is 0 Å². The number of carbonyl (C=O) groups is 2. The summed E-state index contributed by atoms with van der Waals surface area (Å²) in [6, 6.07) is 21.1. The van der Waals surface area contributed by atoms with Crippen molar-refractivity contribution in [1.29, 1.82) is 0 Å². The SMILES string of the molecule is CCCN1c2cc(F)c(C=C3C(=O)N(c4ccccc4)C(=S)N(c4ccccc4)C3=O)cc2C(C)=CC1(C)C. The zero-order chi connectivity index (χ0) is 27.9. The molecule has 5 nitrogen and oxygen atoms in total. The first-order chi connectivity index (χ1) is 18.6. The first kappa shape index (κ1) is 26.5. The number of benzene rings is 3. The summed E-state index contributed by atoms with van der Waals surface area (Å²) in [6.07, 6.45) is 4.44. The topological polar surface area (TPSA) is 43.9 Å². The molecular formula is C32H30FN3O2S. The Kier molecular flexibility index (Phi) is 6.95. The summed E-state index contributed by atoms with van der Waals surface area (Å²) in [6.45, 7) is 9.10. The number of thiocarbonyl (C=S) groups is 1. The van der Waals surface area contributed by atoms with Crippen LogP contribution in [0.4, 0.5) is 21.5 Å². The lowest BCUT2D eigenvalue weighted by Gasteiger charge is -2.43. The summed E-state index contributed by atoms with van der Waals surface area (Å²) in [5.41, 5.74) is 3.48. The van der Waals surface area contributed by atoms with E-state index in [0.29, 0.717) is 11.4 Å². The minimum absolute atomic E-state index is 0.0432. The predicted molar refractivity (Wildman–Crippen MR) is 160 cm³/mol. The summed E-state index contributed by atoms with van der Waals surface area (Å²) in [7, 11) is 0. The van der Waals surface area contributed by atoms with Gasteiger partial charge in [0.05, 0.1) is 16.9 Å². The minimum atomic E-state index is -0.596. The van der Waals surface area contributed by atoms with Crippen LogP contribution in [0.25, 0.3) is 11.6 Å². The number of hydrogen-bond acceptors (Lipinski definition) is 4. The van der Waals surface area contributed by atoms with Gasteiger partial charge in [0.25, 0.3) is 11.8 Å². The van der Waals surface area contributed by atoms with E-state index < -0.39 is 17.6 Å². The van der Waals surface area contributed by atoms with Crippen molar-refractivity contribution in [3.8, 4) is 0 Å². The van der Waals surface area contributed by atoms with Crippen molar-refractivity contribution in [2.75, 3.05) is 21.2 Å². The lowest BCUT2D eigenvalue weighted by molar-refractivity contribution is -0.120. The Hall–Kier alpha value is -4.10. The van der Waals surface area contributed by atoms with Gasteiger partial charge in [-0.25, -0.2) is 4.39 Å². The summed E-state index contributed by atoms with van der Waals surface area (Å²) in [4.78, 5) is 32.4. The van der Waals surface area contributed by atoms with E-state index in [-0.39, 0.29) is 21.8 Å². The van der Waals surface area contributed by atoms with E-state index in [1.807, 2.05) is 19.1 Å². The fourth-order valence-corrected chi connectivity index (χ4v) is 5.73. The molecule has 0 unspecified atom stereocenters. The lowest BCUT2D eigenvalue weighted by atomic mass is 9.87. The summed E-state index contributed by atoms with van der Waals surface area (Å²) >= 11 is 5.66. The Morgan fingerprint density at radius 2 is 1.44 bits per heavy atom. The number of anilines is 3. The van der Waals surface area contributed by atoms with Crippen LogP contribution >= 0.6 is 12.2 Å². The number of carbonyl (C=O) groups excluding carboxylic acids is 2. The van der Waals surface area contributed by atoms with Crippen molar-refractivity contribution in [3.63, 3.8) is 0 Å². The molecule has 3 aromatic rings. The normalized spacial score (nSPS) is 16.8. The van der Waals surface area contributed by atoms with Crippen LogP contribution in [0.5, 0.6) is 0 Å². The molecule has 0 saturated carbocycles. The van der Waals surface area contributed by atoms with Crippen LogP contribution in [-0.2, 0) is 9.59 Å². The Bertz CT molecular complexity index is 1470. The van der Waals surface area contributed by atoms with Crippen LogP contribution in [0.1, 0.15) is 45.2 Å². The molecule has 0 aliphatic carbocycles. The highest BCUT2D eigenvalue weighted by atomic mass is 32.1. The lowest BCUT2D eigenvalue weighted by Crippen LogP contribution is -2.56. The number of halogens is 1. The molecule has 2 amide bonds. The van der Waals surface area contributed by atoms with Crippen LogP contribution in [0, 0.1) is 5.82 Å². The van der Waals surface area contributed by atoms with Gasteiger partial charge < -0.3 is 4.90 Å². The number of para-hydroxylation sites is 2. The third-order valence-corrected chi connectivity index (χ3v) is 7.49. The maximum Gasteiger partial charge on any atom is 0.270 e. The molecule has 1 fully saturated rings. The second-order valence-corrected chi connectivity index (χ2v) is 10.7. The van der Waals surface area contributed by atoms with Gasteiger partial charge in [0.2, 0.25) is 0 Å². The number of allylic oxidation sites excluding steroid dienone is 1. The van der Waals surface area contributed by atoms with E-state index in [1.165, 1.54) is 21.9 Å². The maximum absolute atomic E-state index is 15.7. The molecule has 0 aromatic heterocycles. The number of amides is 2. The van der Waals surface area contributed by atoms with Gasteiger partial charge in [0.1, 0.15) is 11.4 Å². The molecule has 0 N–H and O–H groups in total. The number of rotatable bonds is 5. The van der Waals surface area contributed by atoms with Crippen LogP contribution in [0.3, 0.4) is 0 Å². The van der Waals surface area contributed by atoms with E-state index in [2.05, 4.69) is 31.7 Å². The Balaban J connectivity index is 1.66. The van der Waals surface area contributed by atoms with E-state index in [4.69, 9.17) is 12.2 Å². The molecule has 39 heavy (non-hydrogen) atoms. The molecule has 3 aromatic carbocycles.